The Labute approximate surface area is 205 Å². The molecule has 0 spiro atoms. The van der Waals surface area contributed by atoms with Crippen LogP contribution in [0.25, 0.3) is 0 Å². The van der Waals surface area contributed by atoms with Gasteiger partial charge in [0.2, 0.25) is 5.91 Å². The van der Waals surface area contributed by atoms with Crippen LogP contribution in [0.5, 0.6) is 0 Å². The number of nitrogens with one attached hydrogen (secondary N) is 1. The van der Waals surface area contributed by atoms with Crippen LogP contribution in [-0.2, 0) is 32.0 Å². The van der Waals surface area contributed by atoms with Crippen LogP contribution in [0, 0.1) is 5.92 Å². The zero-order chi connectivity index (χ0) is 25.9. The van der Waals surface area contributed by atoms with E-state index in [-0.39, 0.29) is 18.9 Å². The highest BCUT2D eigenvalue weighted by Gasteiger charge is 2.45. The normalized spacial score (nSPS) is 20.7. The second-order valence-corrected chi connectivity index (χ2v) is 10.4. The summed E-state index contributed by atoms with van der Waals surface area (Å²) in [4.78, 5) is 53.1. The Bertz CT molecular complexity index is 972. The lowest BCUT2D eigenvalue weighted by atomic mass is 10.0. The number of hydrogen-bond acceptors (Lipinski definition) is 6. The largest absolute Gasteiger partial charge is 0.480 e. The highest BCUT2D eigenvalue weighted by molar-refractivity contribution is 5.90. The highest BCUT2D eigenvalue weighted by atomic mass is 16.6. The minimum Gasteiger partial charge on any atom is -0.480 e. The van der Waals surface area contributed by atoms with E-state index in [9.17, 15) is 24.3 Å². The first kappa shape index (κ1) is 26.3. The predicted molar refractivity (Wildman–Crippen MR) is 127 cm³/mol. The number of carbonyl (C=O) groups excluding carboxylic acids is 3. The van der Waals surface area contributed by atoms with E-state index in [0.717, 1.165) is 5.56 Å². The van der Waals surface area contributed by atoms with Crippen LogP contribution in [0.2, 0.25) is 0 Å². The van der Waals surface area contributed by atoms with Crippen molar-refractivity contribution in [2.24, 2.45) is 5.92 Å². The molecular weight excluding hydrogens is 454 g/mol. The van der Waals surface area contributed by atoms with Gasteiger partial charge in [-0.25, -0.2) is 14.4 Å². The van der Waals surface area contributed by atoms with Gasteiger partial charge < -0.3 is 29.7 Å². The van der Waals surface area contributed by atoms with E-state index in [2.05, 4.69) is 5.32 Å². The molecule has 2 aliphatic heterocycles. The van der Waals surface area contributed by atoms with Crippen molar-refractivity contribution < 1.29 is 33.8 Å². The first-order valence-electron chi connectivity index (χ1n) is 11.9. The van der Waals surface area contributed by atoms with Crippen LogP contribution < -0.4 is 5.32 Å². The highest BCUT2D eigenvalue weighted by Crippen LogP contribution is 2.25. The number of rotatable bonds is 5. The van der Waals surface area contributed by atoms with Gasteiger partial charge in [-0.1, -0.05) is 38.1 Å². The Morgan fingerprint density at radius 2 is 1.77 bits per heavy atom. The zero-order valence-electron chi connectivity index (χ0n) is 20.9. The number of carboxylic acid groups (broad SMARTS) is 1. The Morgan fingerprint density at radius 1 is 1.11 bits per heavy atom. The van der Waals surface area contributed by atoms with Gasteiger partial charge >= 0.3 is 18.2 Å². The number of ether oxygens (including phenoxy) is 2. The van der Waals surface area contributed by atoms with Crippen molar-refractivity contribution in [1.82, 2.24) is 15.1 Å². The molecule has 3 amide bonds. The molecule has 2 heterocycles. The second kappa shape index (κ2) is 10.5. The molecule has 0 bridgehead atoms. The molecule has 1 aromatic carbocycles. The fourth-order valence-electron chi connectivity index (χ4n) is 4.36. The smallest absolute Gasteiger partial charge is 0.410 e. The zero-order valence-corrected chi connectivity index (χ0v) is 20.9. The Kier molecular flexibility index (Phi) is 7.92. The number of benzene rings is 1. The summed E-state index contributed by atoms with van der Waals surface area (Å²) in [5.74, 6) is -2.06. The molecule has 2 N–H and O–H groups in total. The molecule has 1 saturated heterocycles. The minimum atomic E-state index is -1.19. The van der Waals surface area contributed by atoms with Crippen molar-refractivity contribution in [3.05, 3.63) is 35.4 Å². The summed E-state index contributed by atoms with van der Waals surface area (Å²) in [6.07, 6.45) is -1.36. The molecule has 1 fully saturated rings. The summed E-state index contributed by atoms with van der Waals surface area (Å²) in [6, 6.07) is 5.73. The number of amides is 3. The molecule has 0 radical (unpaired) electrons. The SMILES string of the molecule is CC(C)[C@H](NC(=O)OC(C)(C)C)C(=O)N1C[C@H](OC(=O)N2CCc3ccccc3C2)C[C@H]1C(=O)O. The van der Waals surface area contributed by atoms with Crippen LogP contribution in [0.3, 0.4) is 0 Å². The Hall–Kier alpha value is -3.30. The summed E-state index contributed by atoms with van der Waals surface area (Å²) in [6.45, 7) is 9.48. The number of fused-ring (bicyclic) bond motifs is 1. The van der Waals surface area contributed by atoms with E-state index in [4.69, 9.17) is 9.47 Å². The summed E-state index contributed by atoms with van der Waals surface area (Å²) in [5, 5.41) is 12.3. The quantitative estimate of drug-likeness (QED) is 0.651. The van der Waals surface area contributed by atoms with Gasteiger partial charge in [0.25, 0.3) is 0 Å². The Balaban J connectivity index is 1.66. The molecule has 0 aromatic heterocycles. The molecule has 3 atom stereocenters. The summed E-state index contributed by atoms with van der Waals surface area (Å²) in [7, 11) is 0. The topological polar surface area (TPSA) is 125 Å². The van der Waals surface area contributed by atoms with Crippen molar-refractivity contribution in [2.75, 3.05) is 13.1 Å². The van der Waals surface area contributed by atoms with E-state index in [1.54, 1.807) is 39.5 Å². The van der Waals surface area contributed by atoms with Gasteiger partial charge in [0.05, 0.1) is 6.54 Å². The molecule has 10 heteroatoms. The second-order valence-electron chi connectivity index (χ2n) is 10.4. The molecular formula is C25H35N3O7. The first-order chi connectivity index (χ1) is 16.4. The van der Waals surface area contributed by atoms with E-state index in [1.165, 1.54) is 10.5 Å². The first-order valence-corrected chi connectivity index (χ1v) is 11.9. The van der Waals surface area contributed by atoms with E-state index in [1.807, 2.05) is 24.3 Å². The van der Waals surface area contributed by atoms with Crippen molar-refractivity contribution in [1.29, 1.82) is 0 Å². The molecule has 35 heavy (non-hydrogen) atoms. The van der Waals surface area contributed by atoms with E-state index in [0.29, 0.717) is 19.5 Å². The van der Waals surface area contributed by atoms with Crippen molar-refractivity contribution >= 4 is 24.1 Å². The standard InChI is InChI=1S/C25H35N3O7/c1-15(2)20(26-23(32)35-25(3,4)5)21(29)28-14-18(12-19(28)22(30)31)34-24(33)27-11-10-16-8-6-7-9-17(16)13-27/h6-9,15,18-20H,10-14H2,1-5H3,(H,26,32)(H,30,31)/t18-,19+,20+/m1/s1. The maximum atomic E-state index is 13.3. The summed E-state index contributed by atoms with van der Waals surface area (Å²) < 4.78 is 10.9. The average molecular weight is 490 g/mol. The summed E-state index contributed by atoms with van der Waals surface area (Å²) in [5.41, 5.74) is 1.49. The number of alkyl carbamates (subject to hydrolysis) is 1. The van der Waals surface area contributed by atoms with Gasteiger partial charge in [-0.2, -0.15) is 0 Å². The molecule has 3 rings (SSSR count). The third kappa shape index (κ3) is 6.64. The third-order valence-corrected chi connectivity index (χ3v) is 6.09. The van der Waals surface area contributed by atoms with Gasteiger partial charge in [-0.15, -0.1) is 0 Å². The van der Waals surface area contributed by atoms with Crippen LogP contribution in [0.1, 0.15) is 52.2 Å². The van der Waals surface area contributed by atoms with Gasteiger partial charge in [-0.3, -0.25) is 4.79 Å². The Morgan fingerprint density at radius 3 is 2.37 bits per heavy atom. The lowest BCUT2D eigenvalue weighted by Gasteiger charge is -2.30. The van der Waals surface area contributed by atoms with Crippen molar-refractivity contribution in [2.45, 2.75) is 77.8 Å². The average Bonchev–Trinajstić information content (AvgIpc) is 3.19. The fraction of sp³-hybridized carbons (Fsp3) is 0.600. The number of carbonyl (C=O) groups is 4. The van der Waals surface area contributed by atoms with Crippen LogP contribution in [0.4, 0.5) is 9.59 Å². The van der Waals surface area contributed by atoms with E-state index < -0.39 is 47.9 Å². The monoisotopic (exact) mass is 489 g/mol. The number of hydrogen-bond donors (Lipinski definition) is 2. The maximum absolute atomic E-state index is 13.3. The number of carboxylic acids is 1. The number of nitrogens with zero attached hydrogens (tertiary/aromatic N) is 2. The maximum Gasteiger partial charge on any atom is 0.410 e. The van der Waals surface area contributed by atoms with Crippen LogP contribution in [-0.4, -0.2) is 75.8 Å². The van der Waals surface area contributed by atoms with Gasteiger partial charge in [0.1, 0.15) is 23.8 Å². The van der Waals surface area contributed by atoms with Crippen LogP contribution >= 0.6 is 0 Å². The van der Waals surface area contributed by atoms with Gasteiger partial charge in [-0.05, 0) is 44.2 Å². The molecule has 2 aliphatic rings. The van der Waals surface area contributed by atoms with Crippen molar-refractivity contribution in [3.63, 3.8) is 0 Å². The molecule has 0 aliphatic carbocycles. The lowest BCUT2D eigenvalue weighted by Crippen LogP contribution is -2.54. The predicted octanol–water partition coefficient (Wildman–Crippen LogP) is 2.78. The minimum absolute atomic E-state index is 0.0194. The lowest BCUT2D eigenvalue weighted by molar-refractivity contribution is -0.149. The fourth-order valence-corrected chi connectivity index (χ4v) is 4.36. The summed E-state index contributed by atoms with van der Waals surface area (Å²) >= 11 is 0. The molecule has 192 valence electrons. The van der Waals surface area contributed by atoms with Crippen LogP contribution in [0.15, 0.2) is 24.3 Å². The number of likely N-dealkylation sites (tertiary alicyclic amines) is 1. The molecule has 1 aromatic rings. The third-order valence-electron chi connectivity index (χ3n) is 6.09. The van der Waals surface area contributed by atoms with Crippen molar-refractivity contribution in [3.8, 4) is 0 Å². The van der Waals surface area contributed by atoms with Gasteiger partial charge in [0, 0.05) is 19.5 Å². The molecule has 10 nitrogen and oxygen atoms in total. The molecule has 0 saturated carbocycles. The number of aliphatic carboxylic acids is 1. The van der Waals surface area contributed by atoms with E-state index >= 15 is 0 Å². The van der Waals surface area contributed by atoms with Gasteiger partial charge in [0.15, 0.2) is 0 Å². The molecule has 0 unspecified atom stereocenters.